The highest BCUT2D eigenvalue weighted by atomic mass is 16.3. The summed E-state index contributed by atoms with van der Waals surface area (Å²) in [5.74, 6) is 1.07. The van der Waals surface area contributed by atoms with Gasteiger partial charge < -0.3 is 10.4 Å². The lowest BCUT2D eigenvalue weighted by Crippen LogP contribution is -2.13. The van der Waals surface area contributed by atoms with Gasteiger partial charge in [-0.2, -0.15) is 5.10 Å². The Labute approximate surface area is 100 Å². The summed E-state index contributed by atoms with van der Waals surface area (Å²) in [6.45, 7) is 4.32. The normalized spacial score (nSPS) is 10.6. The van der Waals surface area contributed by atoms with E-state index in [1.807, 2.05) is 19.1 Å². The van der Waals surface area contributed by atoms with Crippen LogP contribution >= 0.6 is 0 Å². The molecule has 5 nitrogen and oxygen atoms in total. The molecule has 0 aliphatic rings. The molecule has 0 aliphatic heterocycles. The third kappa shape index (κ3) is 3.29. The summed E-state index contributed by atoms with van der Waals surface area (Å²) in [7, 11) is 0. The van der Waals surface area contributed by atoms with Gasteiger partial charge in [-0.25, -0.2) is 9.67 Å². The van der Waals surface area contributed by atoms with Crippen LogP contribution in [0.15, 0.2) is 30.6 Å². The van der Waals surface area contributed by atoms with Crippen LogP contribution in [0.3, 0.4) is 0 Å². The minimum absolute atomic E-state index is 0.278. The van der Waals surface area contributed by atoms with Crippen molar-refractivity contribution < 1.29 is 5.11 Å². The summed E-state index contributed by atoms with van der Waals surface area (Å²) in [4.78, 5) is 4.21. The maximum absolute atomic E-state index is 9.18. The number of phenolic OH excluding ortho intramolecular Hbond substituents is 1. The Morgan fingerprint density at radius 3 is 2.76 bits per heavy atom. The van der Waals surface area contributed by atoms with Crippen molar-refractivity contribution in [1.29, 1.82) is 0 Å². The number of aromatic hydroxyl groups is 1. The Bertz CT molecular complexity index is 464. The zero-order chi connectivity index (χ0) is 12.1. The molecule has 0 saturated heterocycles. The van der Waals surface area contributed by atoms with Crippen molar-refractivity contribution in [3.8, 4) is 5.75 Å². The van der Waals surface area contributed by atoms with Gasteiger partial charge in [-0.3, -0.25) is 0 Å². The molecule has 1 aromatic carbocycles. The van der Waals surface area contributed by atoms with Crippen LogP contribution in [-0.4, -0.2) is 26.4 Å². The highest BCUT2D eigenvalue weighted by Crippen LogP contribution is 2.10. The first-order valence-electron chi connectivity index (χ1n) is 5.65. The molecule has 0 aliphatic carbocycles. The fraction of sp³-hybridized carbons (Fsp3) is 0.333. The fourth-order valence-electron chi connectivity index (χ4n) is 1.52. The van der Waals surface area contributed by atoms with Crippen molar-refractivity contribution in [1.82, 2.24) is 20.1 Å². The smallest absolute Gasteiger partial charge is 0.164 e. The number of rotatable bonds is 5. The molecule has 0 atom stereocenters. The van der Waals surface area contributed by atoms with E-state index in [1.54, 1.807) is 23.1 Å². The lowest BCUT2D eigenvalue weighted by Gasteiger charge is -2.01. The molecule has 2 aromatic rings. The number of phenols is 1. The molecule has 0 radical (unpaired) electrons. The number of benzene rings is 1. The van der Waals surface area contributed by atoms with Gasteiger partial charge in [0.1, 0.15) is 12.1 Å². The number of nitrogens with zero attached hydrogens (tertiary/aromatic N) is 3. The van der Waals surface area contributed by atoms with Crippen molar-refractivity contribution in [2.45, 2.75) is 20.0 Å². The first-order chi connectivity index (χ1) is 8.28. The van der Waals surface area contributed by atoms with E-state index in [1.165, 1.54) is 0 Å². The zero-order valence-electron chi connectivity index (χ0n) is 9.80. The van der Waals surface area contributed by atoms with Gasteiger partial charge >= 0.3 is 0 Å². The Balaban J connectivity index is 1.98. The SMILES string of the molecule is CCNCc1ncn(Cc2ccc(O)cc2)n1. The van der Waals surface area contributed by atoms with Gasteiger partial charge in [0.05, 0.1) is 13.1 Å². The highest BCUT2D eigenvalue weighted by Gasteiger charge is 2.01. The van der Waals surface area contributed by atoms with Crippen LogP contribution in [0.4, 0.5) is 0 Å². The molecule has 2 N–H and O–H groups in total. The van der Waals surface area contributed by atoms with Crippen LogP contribution in [-0.2, 0) is 13.1 Å². The fourth-order valence-corrected chi connectivity index (χ4v) is 1.52. The van der Waals surface area contributed by atoms with Crippen LogP contribution in [0.25, 0.3) is 0 Å². The van der Waals surface area contributed by atoms with Gasteiger partial charge in [0.15, 0.2) is 5.82 Å². The van der Waals surface area contributed by atoms with E-state index < -0.39 is 0 Å². The van der Waals surface area contributed by atoms with Gasteiger partial charge in [-0.05, 0) is 24.2 Å². The van der Waals surface area contributed by atoms with Crippen molar-refractivity contribution >= 4 is 0 Å². The molecule has 0 unspecified atom stereocenters. The molecule has 0 spiro atoms. The van der Waals surface area contributed by atoms with Gasteiger partial charge in [0.2, 0.25) is 0 Å². The Morgan fingerprint density at radius 2 is 2.06 bits per heavy atom. The molecule has 0 fully saturated rings. The van der Waals surface area contributed by atoms with Crippen molar-refractivity contribution in [2.24, 2.45) is 0 Å². The highest BCUT2D eigenvalue weighted by molar-refractivity contribution is 5.25. The molecule has 0 amide bonds. The second-order valence-corrected chi connectivity index (χ2v) is 3.81. The second kappa shape index (κ2) is 5.45. The third-order valence-electron chi connectivity index (χ3n) is 2.40. The number of hydrogen-bond donors (Lipinski definition) is 2. The maximum Gasteiger partial charge on any atom is 0.164 e. The monoisotopic (exact) mass is 232 g/mol. The number of hydrogen-bond acceptors (Lipinski definition) is 4. The maximum atomic E-state index is 9.18. The van der Waals surface area contributed by atoms with E-state index in [9.17, 15) is 5.11 Å². The van der Waals surface area contributed by atoms with Gasteiger partial charge in [-0.1, -0.05) is 19.1 Å². The number of aromatic nitrogens is 3. The standard InChI is InChI=1S/C12H16N4O/c1-2-13-7-12-14-9-16(15-12)8-10-3-5-11(17)6-4-10/h3-6,9,13,17H,2,7-8H2,1H3. The summed E-state index contributed by atoms with van der Waals surface area (Å²) in [6.07, 6.45) is 1.72. The van der Waals surface area contributed by atoms with E-state index >= 15 is 0 Å². The summed E-state index contributed by atoms with van der Waals surface area (Å²) in [5.41, 5.74) is 1.09. The lowest BCUT2D eigenvalue weighted by molar-refractivity contribution is 0.475. The molecule has 1 aromatic heterocycles. The Hall–Kier alpha value is -1.88. The van der Waals surface area contributed by atoms with Crippen LogP contribution in [0, 0.1) is 0 Å². The predicted molar refractivity (Wildman–Crippen MR) is 64.6 cm³/mol. The van der Waals surface area contributed by atoms with Crippen LogP contribution in [0.1, 0.15) is 18.3 Å². The molecule has 0 bridgehead atoms. The van der Waals surface area contributed by atoms with Crippen LogP contribution in [0.5, 0.6) is 5.75 Å². The molecular weight excluding hydrogens is 216 g/mol. The topological polar surface area (TPSA) is 63.0 Å². The summed E-state index contributed by atoms with van der Waals surface area (Å²) in [5, 5.41) is 16.7. The van der Waals surface area contributed by atoms with Crippen molar-refractivity contribution in [2.75, 3.05) is 6.54 Å². The van der Waals surface area contributed by atoms with E-state index in [0.29, 0.717) is 13.1 Å². The molecule has 5 heteroatoms. The van der Waals surface area contributed by atoms with E-state index in [0.717, 1.165) is 17.9 Å². The third-order valence-corrected chi connectivity index (χ3v) is 2.40. The quantitative estimate of drug-likeness (QED) is 0.811. The van der Waals surface area contributed by atoms with Crippen LogP contribution < -0.4 is 5.32 Å². The van der Waals surface area contributed by atoms with Crippen LogP contribution in [0.2, 0.25) is 0 Å². The number of nitrogens with one attached hydrogen (secondary N) is 1. The summed E-state index contributed by atoms with van der Waals surface area (Å²) in [6, 6.07) is 7.10. The largest absolute Gasteiger partial charge is 0.508 e. The Kier molecular flexibility index (Phi) is 3.72. The summed E-state index contributed by atoms with van der Waals surface area (Å²) >= 11 is 0. The molecule has 2 rings (SSSR count). The van der Waals surface area contributed by atoms with Crippen molar-refractivity contribution in [3.63, 3.8) is 0 Å². The first kappa shape index (κ1) is 11.6. The minimum atomic E-state index is 0.278. The van der Waals surface area contributed by atoms with Crippen molar-refractivity contribution in [3.05, 3.63) is 42.0 Å². The molecule has 1 heterocycles. The molecule has 0 saturated carbocycles. The van der Waals surface area contributed by atoms with Gasteiger partial charge in [0.25, 0.3) is 0 Å². The molecule has 17 heavy (non-hydrogen) atoms. The molecule has 90 valence electrons. The minimum Gasteiger partial charge on any atom is -0.508 e. The average Bonchev–Trinajstić information content (AvgIpc) is 2.77. The average molecular weight is 232 g/mol. The second-order valence-electron chi connectivity index (χ2n) is 3.81. The van der Waals surface area contributed by atoms with E-state index in [4.69, 9.17) is 0 Å². The Morgan fingerprint density at radius 1 is 1.29 bits per heavy atom. The van der Waals surface area contributed by atoms with E-state index in [2.05, 4.69) is 15.4 Å². The van der Waals surface area contributed by atoms with Gasteiger partial charge in [-0.15, -0.1) is 0 Å². The predicted octanol–water partition coefficient (Wildman–Crippen LogP) is 1.14. The lowest BCUT2D eigenvalue weighted by atomic mass is 10.2. The van der Waals surface area contributed by atoms with E-state index in [-0.39, 0.29) is 5.75 Å². The van der Waals surface area contributed by atoms with Gasteiger partial charge in [0, 0.05) is 0 Å². The first-order valence-corrected chi connectivity index (χ1v) is 5.65. The zero-order valence-corrected chi connectivity index (χ0v) is 9.80. The summed E-state index contributed by atoms with van der Waals surface area (Å²) < 4.78 is 1.79. The molecular formula is C12H16N4O.